The summed E-state index contributed by atoms with van der Waals surface area (Å²) in [5, 5.41) is 0. The average Bonchev–Trinajstić information content (AvgIpc) is 2.75. The quantitative estimate of drug-likeness (QED) is 0.322. The fourth-order valence-corrected chi connectivity index (χ4v) is 3.68. The molecule has 0 saturated heterocycles. The minimum Gasteiger partial charge on any atom is -0.0622 e. The van der Waals surface area contributed by atoms with Gasteiger partial charge in [0.15, 0.2) is 0 Å². The van der Waals surface area contributed by atoms with E-state index >= 15 is 0 Å². The monoisotopic (exact) mass is 374 g/mol. The maximum atomic E-state index is 2.24. The van der Waals surface area contributed by atoms with Crippen molar-refractivity contribution in [3.8, 4) is 0 Å². The highest BCUT2D eigenvalue weighted by atomic mass is 14.2. The maximum Gasteiger partial charge on any atom is -0.00268 e. The van der Waals surface area contributed by atoms with Gasteiger partial charge in [0, 0.05) is 0 Å². The summed E-state index contributed by atoms with van der Waals surface area (Å²) in [5.41, 5.74) is 11.3. The Balaban J connectivity index is 2.08. The predicted molar refractivity (Wildman–Crippen MR) is 125 cm³/mol. The highest BCUT2D eigenvalue weighted by molar-refractivity contribution is 6.04. The zero-order valence-corrected chi connectivity index (χ0v) is 17.3. The molecule has 4 aromatic rings. The van der Waals surface area contributed by atoms with Crippen molar-refractivity contribution < 1.29 is 0 Å². The summed E-state index contributed by atoms with van der Waals surface area (Å²) in [6, 6.07) is 37.3. The SMILES string of the molecule is Cc1ccc(C(=C(c2ccc(C)cc2)c2ccc(C)cc2)c2ccccc2)cc1. The van der Waals surface area contributed by atoms with Crippen LogP contribution in [-0.4, -0.2) is 0 Å². The van der Waals surface area contributed by atoms with Crippen LogP contribution in [0.3, 0.4) is 0 Å². The Hall–Kier alpha value is -3.38. The second kappa shape index (κ2) is 8.32. The van der Waals surface area contributed by atoms with E-state index in [1.54, 1.807) is 0 Å². The normalized spacial score (nSPS) is 10.6. The summed E-state index contributed by atoms with van der Waals surface area (Å²) in [7, 11) is 0. The average molecular weight is 375 g/mol. The molecule has 0 saturated carbocycles. The lowest BCUT2D eigenvalue weighted by atomic mass is 9.85. The molecular weight excluding hydrogens is 348 g/mol. The van der Waals surface area contributed by atoms with E-state index in [2.05, 4.69) is 124 Å². The number of benzene rings is 4. The van der Waals surface area contributed by atoms with Gasteiger partial charge >= 0.3 is 0 Å². The van der Waals surface area contributed by atoms with Crippen LogP contribution in [-0.2, 0) is 0 Å². The van der Waals surface area contributed by atoms with Crippen LogP contribution in [0, 0.1) is 20.8 Å². The summed E-state index contributed by atoms with van der Waals surface area (Å²) < 4.78 is 0. The highest BCUT2D eigenvalue weighted by Crippen LogP contribution is 2.37. The number of rotatable bonds is 4. The Labute approximate surface area is 174 Å². The van der Waals surface area contributed by atoms with Gasteiger partial charge in [-0.2, -0.15) is 0 Å². The second-order valence-electron chi connectivity index (χ2n) is 7.71. The molecule has 0 amide bonds. The zero-order valence-electron chi connectivity index (χ0n) is 17.3. The lowest BCUT2D eigenvalue weighted by Gasteiger charge is -2.18. The molecule has 0 aliphatic rings. The van der Waals surface area contributed by atoms with Gasteiger partial charge in [0.05, 0.1) is 0 Å². The van der Waals surface area contributed by atoms with Gasteiger partial charge in [-0.05, 0) is 54.2 Å². The molecule has 0 nitrogen and oxygen atoms in total. The second-order valence-corrected chi connectivity index (χ2v) is 7.71. The van der Waals surface area contributed by atoms with Crippen molar-refractivity contribution in [2.75, 3.05) is 0 Å². The van der Waals surface area contributed by atoms with E-state index in [9.17, 15) is 0 Å². The molecule has 0 aromatic heterocycles. The van der Waals surface area contributed by atoms with Gasteiger partial charge in [-0.15, -0.1) is 0 Å². The van der Waals surface area contributed by atoms with Crippen molar-refractivity contribution in [2.24, 2.45) is 0 Å². The van der Waals surface area contributed by atoms with Crippen LogP contribution in [0.4, 0.5) is 0 Å². The molecular formula is C29H26. The fraction of sp³-hybridized carbons (Fsp3) is 0.103. The summed E-state index contributed by atoms with van der Waals surface area (Å²) >= 11 is 0. The first-order chi connectivity index (χ1) is 14.1. The smallest absolute Gasteiger partial charge is 0.00268 e. The van der Waals surface area contributed by atoms with Crippen molar-refractivity contribution in [2.45, 2.75) is 20.8 Å². The first-order valence-corrected chi connectivity index (χ1v) is 10.1. The summed E-state index contributed by atoms with van der Waals surface area (Å²) in [4.78, 5) is 0. The molecule has 0 bridgehead atoms. The minimum absolute atomic E-state index is 1.23. The molecule has 0 N–H and O–H groups in total. The Morgan fingerprint density at radius 2 is 0.621 bits per heavy atom. The van der Waals surface area contributed by atoms with Crippen molar-refractivity contribution in [3.05, 3.63) is 142 Å². The summed E-state index contributed by atoms with van der Waals surface area (Å²) in [6.07, 6.45) is 0. The third kappa shape index (κ3) is 4.22. The molecule has 0 fully saturated rings. The lowest BCUT2D eigenvalue weighted by molar-refractivity contribution is 1.41. The van der Waals surface area contributed by atoms with Gasteiger partial charge in [0.1, 0.15) is 0 Å². The molecule has 0 heterocycles. The largest absolute Gasteiger partial charge is 0.0622 e. The Kier molecular flexibility index (Phi) is 5.44. The van der Waals surface area contributed by atoms with Gasteiger partial charge < -0.3 is 0 Å². The van der Waals surface area contributed by atoms with Crippen molar-refractivity contribution in [1.29, 1.82) is 0 Å². The topological polar surface area (TPSA) is 0 Å². The third-order valence-corrected chi connectivity index (χ3v) is 5.33. The van der Waals surface area contributed by atoms with E-state index in [-0.39, 0.29) is 0 Å². The standard InChI is InChI=1S/C29H26/c1-21-9-15-25(16-10-21)28(24-7-5-4-6-8-24)29(26-17-11-22(2)12-18-26)27-19-13-23(3)14-20-27/h4-20H,1-3H3. The molecule has 4 aromatic carbocycles. The third-order valence-electron chi connectivity index (χ3n) is 5.33. The van der Waals surface area contributed by atoms with Gasteiger partial charge in [-0.1, -0.05) is 120 Å². The molecule has 29 heavy (non-hydrogen) atoms. The first kappa shape index (κ1) is 19.0. The van der Waals surface area contributed by atoms with Crippen LogP contribution in [0.25, 0.3) is 11.1 Å². The lowest BCUT2D eigenvalue weighted by Crippen LogP contribution is -1.98. The van der Waals surface area contributed by atoms with Crippen LogP contribution < -0.4 is 0 Å². The van der Waals surface area contributed by atoms with E-state index in [1.165, 1.54) is 50.1 Å². The molecule has 0 aliphatic carbocycles. The van der Waals surface area contributed by atoms with Crippen molar-refractivity contribution in [1.82, 2.24) is 0 Å². The molecule has 142 valence electrons. The van der Waals surface area contributed by atoms with Gasteiger partial charge in [0.2, 0.25) is 0 Å². The van der Waals surface area contributed by atoms with Gasteiger partial charge in [-0.25, -0.2) is 0 Å². The Morgan fingerprint density at radius 1 is 0.345 bits per heavy atom. The van der Waals surface area contributed by atoms with Crippen LogP contribution >= 0.6 is 0 Å². The molecule has 0 spiro atoms. The van der Waals surface area contributed by atoms with E-state index in [0.717, 1.165) is 0 Å². The van der Waals surface area contributed by atoms with E-state index in [0.29, 0.717) is 0 Å². The number of hydrogen-bond donors (Lipinski definition) is 0. The van der Waals surface area contributed by atoms with Crippen LogP contribution in [0.2, 0.25) is 0 Å². The van der Waals surface area contributed by atoms with E-state index in [4.69, 9.17) is 0 Å². The molecule has 0 radical (unpaired) electrons. The number of hydrogen-bond acceptors (Lipinski definition) is 0. The maximum absolute atomic E-state index is 2.24. The Bertz CT molecular complexity index is 1060. The van der Waals surface area contributed by atoms with Crippen LogP contribution in [0.15, 0.2) is 103 Å². The minimum atomic E-state index is 1.23. The summed E-state index contributed by atoms with van der Waals surface area (Å²) in [5.74, 6) is 0. The molecule has 0 atom stereocenters. The predicted octanol–water partition coefficient (Wildman–Crippen LogP) is 7.62. The zero-order chi connectivity index (χ0) is 20.2. The van der Waals surface area contributed by atoms with Gasteiger partial charge in [0.25, 0.3) is 0 Å². The Morgan fingerprint density at radius 3 is 0.931 bits per heavy atom. The van der Waals surface area contributed by atoms with Gasteiger partial charge in [-0.3, -0.25) is 0 Å². The molecule has 4 rings (SSSR count). The van der Waals surface area contributed by atoms with Crippen molar-refractivity contribution in [3.63, 3.8) is 0 Å². The summed E-state index contributed by atoms with van der Waals surface area (Å²) in [6.45, 7) is 6.41. The molecule has 0 heteroatoms. The highest BCUT2D eigenvalue weighted by Gasteiger charge is 2.16. The van der Waals surface area contributed by atoms with Crippen LogP contribution in [0.1, 0.15) is 38.9 Å². The first-order valence-electron chi connectivity index (χ1n) is 10.1. The number of aryl methyl sites for hydroxylation is 3. The van der Waals surface area contributed by atoms with E-state index in [1.807, 2.05) is 0 Å². The van der Waals surface area contributed by atoms with Crippen LogP contribution in [0.5, 0.6) is 0 Å². The fourth-order valence-electron chi connectivity index (χ4n) is 3.68. The van der Waals surface area contributed by atoms with E-state index < -0.39 is 0 Å². The van der Waals surface area contributed by atoms with Crippen molar-refractivity contribution >= 4 is 11.1 Å². The molecule has 0 unspecified atom stereocenters. The molecule has 0 aliphatic heterocycles.